The van der Waals surface area contributed by atoms with Gasteiger partial charge < -0.3 is 9.88 Å². The fraction of sp³-hybridized carbons (Fsp3) is 0.290. The first-order chi connectivity index (χ1) is 19.5. The van der Waals surface area contributed by atoms with Crippen molar-refractivity contribution in [3.63, 3.8) is 0 Å². The molecule has 0 radical (unpaired) electrons. The minimum absolute atomic E-state index is 0.154. The van der Waals surface area contributed by atoms with Gasteiger partial charge in [-0.2, -0.15) is 0 Å². The molecule has 6 rings (SSSR count). The topological polar surface area (TPSA) is 82.9 Å². The molecule has 1 aliphatic rings. The smallest absolute Gasteiger partial charge is 0.253 e. The lowest BCUT2D eigenvalue weighted by atomic mass is 10.00. The molecule has 40 heavy (non-hydrogen) atoms. The molecule has 1 unspecified atom stereocenters. The monoisotopic (exact) mass is 537 g/mol. The summed E-state index contributed by atoms with van der Waals surface area (Å²) in [7, 11) is 0. The third-order valence-corrected chi connectivity index (χ3v) is 7.75. The van der Waals surface area contributed by atoms with E-state index in [1.54, 1.807) is 6.07 Å². The maximum Gasteiger partial charge on any atom is 0.253 e. The minimum Gasteiger partial charge on any atom is -0.367 e. The van der Waals surface area contributed by atoms with E-state index in [4.69, 9.17) is 0 Å². The number of anilines is 1. The third kappa shape index (κ3) is 5.12. The first-order valence-corrected chi connectivity index (χ1v) is 13.7. The highest BCUT2D eigenvalue weighted by Crippen LogP contribution is 2.30. The number of tetrazole rings is 1. The fourth-order valence-electron chi connectivity index (χ4n) is 5.78. The van der Waals surface area contributed by atoms with Crippen molar-refractivity contribution in [2.24, 2.45) is 0 Å². The Morgan fingerprint density at radius 1 is 0.950 bits per heavy atom. The van der Waals surface area contributed by atoms with Crippen LogP contribution in [0.2, 0.25) is 0 Å². The molecule has 0 saturated carbocycles. The standard InChI is InChI=1S/C31H32FN7O/c1-21-18-22(2)28-24(19-21)20-25(31(40)33-28)29(30-34-35-36-39(30)13-12-23-8-4-3-5-9-23)38-16-14-37(15-17-38)27-11-7-6-10-26(27)32/h3-11,18-20,29H,12-17H2,1-2H3,(H,33,40). The predicted octanol–water partition coefficient (Wildman–Crippen LogP) is 4.42. The second kappa shape index (κ2) is 11.0. The molecule has 1 N–H and O–H groups in total. The summed E-state index contributed by atoms with van der Waals surface area (Å²) in [5, 5.41) is 13.8. The number of aromatic amines is 1. The second-order valence-electron chi connectivity index (χ2n) is 10.5. The van der Waals surface area contributed by atoms with Crippen molar-refractivity contribution in [1.29, 1.82) is 0 Å². The lowest BCUT2D eigenvalue weighted by Gasteiger charge is -2.39. The molecule has 204 valence electrons. The zero-order valence-corrected chi connectivity index (χ0v) is 22.7. The number of para-hydroxylation sites is 1. The summed E-state index contributed by atoms with van der Waals surface area (Å²) in [6.45, 7) is 7.13. The van der Waals surface area contributed by atoms with E-state index in [0.29, 0.717) is 49.8 Å². The fourth-order valence-corrected chi connectivity index (χ4v) is 5.78. The average Bonchev–Trinajstić information content (AvgIpc) is 3.42. The van der Waals surface area contributed by atoms with Crippen LogP contribution in [0.4, 0.5) is 10.1 Å². The van der Waals surface area contributed by atoms with Gasteiger partial charge in [-0.05, 0) is 71.5 Å². The van der Waals surface area contributed by atoms with Gasteiger partial charge in [0.15, 0.2) is 5.82 Å². The van der Waals surface area contributed by atoms with Gasteiger partial charge in [0.1, 0.15) is 11.9 Å². The molecule has 1 aliphatic heterocycles. The van der Waals surface area contributed by atoms with Gasteiger partial charge in [-0.3, -0.25) is 9.69 Å². The van der Waals surface area contributed by atoms with E-state index < -0.39 is 6.04 Å². The molecule has 0 spiro atoms. The highest BCUT2D eigenvalue weighted by atomic mass is 19.1. The molecule has 0 bridgehead atoms. The van der Waals surface area contributed by atoms with Gasteiger partial charge in [0.05, 0.1) is 11.2 Å². The first-order valence-electron chi connectivity index (χ1n) is 13.7. The molecular formula is C31H32FN7O. The van der Waals surface area contributed by atoms with Gasteiger partial charge in [0, 0.05) is 38.3 Å². The Labute approximate surface area is 232 Å². The number of pyridine rings is 1. The van der Waals surface area contributed by atoms with Crippen LogP contribution in [0.25, 0.3) is 10.9 Å². The van der Waals surface area contributed by atoms with E-state index in [9.17, 15) is 9.18 Å². The summed E-state index contributed by atoms with van der Waals surface area (Å²) < 4.78 is 16.3. The Kier molecular flexibility index (Phi) is 7.13. The molecule has 0 aliphatic carbocycles. The van der Waals surface area contributed by atoms with Crippen LogP contribution in [-0.2, 0) is 13.0 Å². The van der Waals surface area contributed by atoms with Crippen molar-refractivity contribution >= 4 is 16.6 Å². The Bertz CT molecular complexity index is 1690. The molecular weight excluding hydrogens is 505 g/mol. The lowest BCUT2D eigenvalue weighted by molar-refractivity contribution is 0.199. The molecule has 0 amide bonds. The summed E-state index contributed by atoms with van der Waals surface area (Å²) in [4.78, 5) is 21.1. The number of fused-ring (bicyclic) bond motifs is 1. The molecule has 1 atom stereocenters. The molecule has 1 fully saturated rings. The van der Waals surface area contributed by atoms with Crippen molar-refractivity contribution in [3.05, 3.63) is 117 Å². The van der Waals surface area contributed by atoms with Crippen LogP contribution in [0.15, 0.2) is 77.6 Å². The Morgan fingerprint density at radius 2 is 1.70 bits per heavy atom. The van der Waals surface area contributed by atoms with Crippen molar-refractivity contribution < 1.29 is 4.39 Å². The van der Waals surface area contributed by atoms with Gasteiger partial charge in [-0.25, -0.2) is 9.07 Å². The molecule has 1 saturated heterocycles. The van der Waals surface area contributed by atoms with Crippen LogP contribution in [0.3, 0.4) is 0 Å². The molecule has 5 aromatic rings. The number of nitrogens with zero attached hydrogens (tertiary/aromatic N) is 6. The first kappa shape index (κ1) is 25.9. The van der Waals surface area contributed by atoms with Gasteiger partial charge in [-0.1, -0.05) is 54.1 Å². The third-order valence-electron chi connectivity index (χ3n) is 7.75. The summed E-state index contributed by atoms with van der Waals surface area (Å²) in [6.07, 6.45) is 0.763. The van der Waals surface area contributed by atoms with Crippen molar-refractivity contribution in [2.45, 2.75) is 32.9 Å². The van der Waals surface area contributed by atoms with Crippen LogP contribution in [-0.4, -0.2) is 56.3 Å². The highest BCUT2D eigenvalue weighted by Gasteiger charge is 2.33. The average molecular weight is 538 g/mol. The van der Waals surface area contributed by atoms with Crippen molar-refractivity contribution in [2.75, 3.05) is 31.1 Å². The zero-order valence-electron chi connectivity index (χ0n) is 22.7. The van der Waals surface area contributed by atoms with E-state index >= 15 is 0 Å². The number of H-pyrrole nitrogens is 1. The molecule has 9 heteroatoms. The van der Waals surface area contributed by atoms with Crippen LogP contribution in [0, 0.1) is 19.7 Å². The van der Waals surface area contributed by atoms with Gasteiger partial charge in [0.2, 0.25) is 0 Å². The van der Waals surface area contributed by atoms with E-state index in [-0.39, 0.29) is 11.4 Å². The number of hydrogen-bond acceptors (Lipinski definition) is 6. The lowest BCUT2D eigenvalue weighted by Crippen LogP contribution is -2.49. The molecule has 3 heterocycles. The van der Waals surface area contributed by atoms with Crippen LogP contribution in [0.5, 0.6) is 0 Å². The second-order valence-corrected chi connectivity index (χ2v) is 10.5. The summed E-state index contributed by atoms with van der Waals surface area (Å²) in [6, 6.07) is 22.8. The van der Waals surface area contributed by atoms with E-state index in [0.717, 1.165) is 28.5 Å². The highest BCUT2D eigenvalue weighted by molar-refractivity contribution is 5.83. The van der Waals surface area contributed by atoms with E-state index in [1.165, 1.54) is 11.6 Å². The Hall–Kier alpha value is -4.37. The van der Waals surface area contributed by atoms with Crippen LogP contribution >= 0.6 is 0 Å². The number of benzene rings is 3. The van der Waals surface area contributed by atoms with Gasteiger partial charge >= 0.3 is 0 Å². The van der Waals surface area contributed by atoms with Crippen molar-refractivity contribution in [3.8, 4) is 0 Å². The Balaban J connectivity index is 1.37. The number of aromatic nitrogens is 5. The number of hydrogen-bond donors (Lipinski definition) is 1. The van der Waals surface area contributed by atoms with Crippen LogP contribution < -0.4 is 10.5 Å². The van der Waals surface area contributed by atoms with Crippen molar-refractivity contribution in [1.82, 2.24) is 30.1 Å². The predicted molar refractivity (Wildman–Crippen MR) is 154 cm³/mol. The normalized spacial score (nSPS) is 15.0. The maximum absolute atomic E-state index is 14.5. The maximum atomic E-state index is 14.5. The summed E-state index contributed by atoms with van der Waals surface area (Å²) >= 11 is 0. The van der Waals surface area contributed by atoms with E-state index in [2.05, 4.69) is 61.5 Å². The quantitative estimate of drug-likeness (QED) is 0.331. The molecule has 2 aromatic heterocycles. The van der Waals surface area contributed by atoms with Gasteiger partial charge in [0.25, 0.3) is 5.56 Å². The Morgan fingerprint density at radius 3 is 2.48 bits per heavy atom. The number of piperazine rings is 1. The molecule has 8 nitrogen and oxygen atoms in total. The van der Waals surface area contributed by atoms with Gasteiger partial charge in [-0.15, -0.1) is 5.10 Å². The number of nitrogens with one attached hydrogen (secondary N) is 1. The zero-order chi connectivity index (χ0) is 27.6. The number of aryl methyl sites for hydroxylation is 4. The number of rotatable bonds is 7. The summed E-state index contributed by atoms with van der Waals surface area (Å²) in [5.74, 6) is 0.401. The minimum atomic E-state index is -0.456. The largest absolute Gasteiger partial charge is 0.367 e. The van der Waals surface area contributed by atoms with Crippen LogP contribution in [0.1, 0.15) is 34.1 Å². The molecule has 3 aromatic carbocycles. The van der Waals surface area contributed by atoms with E-state index in [1.807, 2.05) is 48.0 Å². The SMILES string of the molecule is Cc1cc(C)c2[nH]c(=O)c(C(c3nnnn3CCc3ccccc3)N3CCN(c4ccccc4F)CC3)cc2c1. The summed E-state index contributed by atoms with van der Waals surface area (Å²) in [5.41, 5.74) is 5.24. The number of halogens is 1.